The number of rotatable bonds is 9. The first kappa shape index (κ1) is 29.5. The summed E-state index contributed by atoms with van der Waals surface area (Å²) in [6.07, 6.45) is 0.890. The summed E-state index contributed by atoms with van der Waals surface area (Å²) < 4.78 is 48.5. The SMILES string of the molecule is CC.CC.COc1cc(F)c(F)c(Nc2ccc(C)cc2F)c1NN(C)C1(CC(O)CO)CC1. The van der Waals surface area contributed by atoms with E-state index in [-0.39, 0.29) is 29.4 Å². The Hall–Kier alpha value is -2.49. The highest BCUT2D eigenvalue weighted by molar-refractivity contribution is 5.80. The third kappa shape index (κ3) is 7.01. The zero-order chi connectivity index (χ0) is 26.1. The Balaban J connectivity index is 0.00000137. The van der Waals surface area contributed by atoms with E-state index in [4.69, 9.17) is 9.84 Å². The summed E-state index contributed by atoms with van der Waals surface area (Å²) in [5.41, 5.74) is 3.00. The molecule has 1 saturated carbocycles. The average Bonchev–Trinajstić information content (AvgIpc) is 3.62. The first-order chi connectivity index (χ1) is 16.2. The van der Waals surface area contributed by atoms with Crippen molar-refractivity contribution in [3.05, 3.63) is 47.3 Å². The Bertz CT molecular complexity index is 924. The molecule has 1 aliphatic carbocycles. The third-order valence-electron chi connectivity index (χ3n) is 5.43. The van der Waals surface area contributed by atoms with Crippen LogP contribution in [-0.2, 0) is 0 Å². The molecule has 0 spiro atoms. The van der Waals surface area contributed by atoms with Crippen LogP contribution < -0.4 is 15.5 Å². The van der Waals surface area contributed by atoms with E-state index in [1.54, 1.807) is 25.0 Å². The number of benzene rings is 2. The largest absolute Gasteiger partial charge is 0.494 e. The lowest BCUT2D eigenvalue weighted by atomic mass is 10.1. The number of ether oxygens (including phenoxy) is 1. The van der Waals surface area contributed by atoms with Crippen molar-refractivity contribution in [1.82, 2.24) is 5.01 Å². The number of halogens is 3. The Morgan fingerprint density at radius 3 is 2.18 bits per heavy atom. The van der Waals surface area contributed by atoms with Crippen molar-refractivity contribution in [3.8, 4) is 5.75 Å². The molecule has 0 saturated heterocycles. The van der Waals surface area contributed by atoms with E-state index in [1.165, 1.54) is 19.2 Å². The molecule has 0 aliphatic heterocycles. The van der Waals surface area contributed by atoms with Crippen LogP contribution in [0.25, 0.3) is 0 Å². The van der Waals surface area contributed by atoms with E-state index >= 15 is 0 Å². The lowest BCUT2D eigenvalue weighted by molar-refractivity contribution is 0.0596. The van der Waals surface area contributed by atoms with Crippen LogP contribution in [0.2, 0.25) is 0 Å². The van der Waals surface area contributed by atoms with E-state index in [2.05, 4.69) is 10.7 Å². The lowest BCUT2D eigenvalue weighted by Crippen LogP contribution is -2.41. The molecular weight excluding hydrogens is 447 g/mol. The number of methoxy groups -OCH3 is 1. The zero-order valence-corrected chi connectivity index (χ0v) is 21.1. The van der Waals surface area contributed by atoms with Crippen LogP contribution in [0.4, 0.5) is 30.2 Å². The summed E-state index contributed by atoms with van der Waals surface area (Å²) in [7, 11) is 3.02. The molecule has 4 N–H and O–H groups in total. The van der Waals surface area contributed by atoms with Crippen LogP contribution in [0, 0.1) is 24.4 Å². The van der Waals surface area contributed by atoms with Gasteiger partial charge >= 0.3 is 0 Å². The van der Waals surface area contributed by atoms with Crippen molar-refractivity contribution in [1.29, 1.82) is 0 Å². The standard InChI is InChI=1S/C21H26F3N3O3.2C2H6/c1-12-4-5-16(14(22)8-12)25-20-18(24)15(23)9-17(30-3)19(20)26-27(2)21(6-7-21)10-13(29)11-28;2*1-2/h4-5,8-9,13,25-26,28-29H,6-7,10-11H2,1-3H3;2*1-2H3. The fourth-order valence-corrected chi connectivity index (χ4v) is 3.46. The number of aryl methyl sites for hydroxylation is 1. The van der Waals surface area contributed by atoms with Gasteiger partial charge in [0.2, 0.25) is 0 Å². The topological polar surface area (TPSA) is 77.0 Å². The molecule has 34 heavy (non-hydrogen) atoms. The van der Waals surface area contributed by atoms with E-state index in [1.807, 2.05) is 27.7 Å². The number of hydrogen-bond donors (Lipinski definition) is 4. The second-order valence-corrected chi connectivity index (χ2v) is 7.67. The van der Waals surface area contributed by atoms with Gasteiger partial charge in [0.1, 0.15) is 22.9 Å². The Kier molecular flexibility index (Phi) is 11.7. The molecular formula is C25H38F3N3O3. The Labute approximate surface area is 200 Å². The Morgan fingerprint density at radius 2 is 1.68 bits per heavy atom. The van der Waals surface area contributed by atoms with Gasteiger partial charge in [0, 0.05) is 18.7 Å². The molecule has 0 radical (unpaired) electrons. The number of hydrazine groups is 1. The molecule has 6 nitrogen and oxygen atoms in total. The second-order valence-electron chi connectivity index (χ2n) is 7.67. The van der Waals surface area contributed by atoms with E-state index in [0.29, 0.717) is 12.0 Å². The first-order valence-electron chi connectivity index (χ1n) is 11.6. The lowest BCUT2D eigenvalue weighted by Gasteiger charge is -2.32. The molecule has 3 rings (SSSR count). The van der Waals surface area contributed by atoms with Crippen LogP contribution >= 0.6 is 0 Å². The van der Waals surface area contributed by atoms with Crippen LogP contribution in [0.15, 0.2) is 24.3 Å². The average molecular weight is 486 g/mol. The van der Waals surface area contributed by atoms with Crippen molar-refractivity contribution < 1.29 is 28.1 Å². The normalized spacial score (nSPS) is 14.3. The molecule has 0 amide bonds. The van der Waals surface area contributed by atoms with Gasteiger partial charge in [0.05, 0.1) is 25.5 Å². The molecule has 0 aromatic heterocycles. The van der Waals surface area contributed by atoms with Gasteiger partial charge in [-0.05, 0) is 43.9 Å². The molecule has 1 aliphatic rings. The second kappa shape index (κ2) is 13.4. The summed E-state index contributed by atoms with van der Waals surface area (Å²) >= 11 is 0. The van der Waals surface area contributed by atoms with Crippen LogP contribution in [0.5, 0.6) is 5.75 Å². The van der Waals surface area contributed by atoms with E-state index < -0.39 is 29.1 Å². The number of aliphatic hydroxyl groups is 2. The molecule has 1 unspecified atom stereocenters. The minimum atomic E-state index is -1.19. The van der Waals surface area contributed by atoms with Gasteiger partial charge in [-0.1, -0.05) is 33.8 Å². The maximum absolute atomic E-state index is 14.8. The molecule has 192 valence electrons. The highest BCUT2D eigenvalue weighted by atomic mass is 19.2. The van der Waals surface area contributed by atoms with Gasteiger partial charge in [0.25, 0.3) is 0 Å². The van der Waals surface area contributed by atoms with Gasteiger partial charge in [-0.2, -0.15) is 0 Å². The predicted molar refractivity (Wildman–Crippen MR) is 131 cm³/mol. The van der Waals surface area contributed by atoms with E-state index in [0.717, 1.165) is 18.9 Å². The summed E-state index contributed by atoms with van der Waals surface area (Å²) in [4.78, 5) is 0. The summed E-state index contributed by atoms with van der Waals surface area (Å²) in [6, 6.07) is 5.28. The number of nitrogens with one attached hydrogen (secondary N) is 2. The van der Waals surface area contributed by atoms with Gasteiger partial charge in [-0.3, -0.25) is 0 Å². The first-order valence-corrected chi connectivity index (χ1v) is 11.6. The van der Waals surface area contributed by atoms with Crippen molar-refractivity contribution in [2.24, 2.45) is 0 Å². The van der Waals surface area contributed by atoms with Gasteiger partial charge in [-0.15, -0.1) is 0 Å². The van der Waals surface area contributed by atoms with Gasteiger partial charge in [-0.25, -0.2) is 18.2 Å². The molecule has 0 heterocycles. The highest BCUT2D eigenvalue weighted by Crippen LogP contribution is 2.47. The zero-order valence-electron chi connectivity index (χ0n) is 21.1. The molecule has 1 atom stereocenters. The summed E-state index contributed by atoms with van der Waals surface area (Å²) in [6.45, 7) is 9.35. The molecule has 2 aromatic carbocycles. The Morgan fingerprint density at radius 1 is 1.06 bits per heavy atom. The number of aliphatic hydroxyl groups excluding tert-OH is 2. The number of hydrogen-bond acceptors (Lipinski definition) is 6. The smallest absolute Gasteiger partial charge is 0.184 e. The van der Waals surface area contributed by atoms with E-state index in [9.17, 15) is 18.3 Å². The van der Waals surface area contributed by atoms with Crippen LogP contribution in [0.3, 0.4) is 0 Å². The van der Waals surface area contributed by atoms with Crippen LogP contribution in [0.1, 0.15) is 52.5 Å². The fraction of sp³-hybridized carbons (Fsp3) is 0.520. The maximum atomic E-state index is 14.8. The minimum Gasteiger partial charge on any atom is -0.494 e. The summed E-state index contributed by atoms with van der Waals surface area (Å²) in [5, 5.41) is 23.3. The summed E-state index contributed by atoms with van der Waals surface area (Å²) in [5.74, 6) is -2.92. The highest BCUT2D eigenvalue weighted by Gasteiger charge is 2.48. The molecule has 0 bridgehead atoms. The monoisotopic (exact) mass is 485 g/mol. The maximum Gasteiger partial charge on any atom is 0.184 e. The molecule has 9 heteroatoms. The third-order valence-corrected chi connectivity index (χ3v) is 5.43. The molecule has 1 fully saturated rings. The van der Waals surface area contributed by atoms with Crippen molar-refractivity contribution in [3.63, 3.8) is 0 Å². The predicted octanol–water partition coefficient (Wildman–Crippen LogP) is 5.75. The van der Waals surface area contributed by atoms with Gasteiger partial charge < -0.3 is 25.7 Å². The number of anilines is 3. The quantitative estimate of drug-likeness (QED) is 0.339. The van der Waals surface area contributed by atoms with Crippen molar-refractivity contribution in [2.45, 2.75) is 65.5 Å². The number of nitrogens with zero attached hydrogens (tertiary/aromatic N) is 1. The van der Waals surface area contributed by atoms with Crippen LogP contribution in [-0.4, -0.2) is 47.6 Å². The van der Waals surface area contributed by atoms with Crippen molar-refractivity contribution in [2.75, 3.05) is 31.5 Å². The van der Waals surface area contributed by atoms with Gasteiger partial charge in [0.15, 0.2) is 11.6 Å². The fourth-order valence-electron chi connectivity index (χ4n) is 3.46. The minimum absolute atomic E-state index is 0.0188. The van der Waals surface area contributed by atoms with Crippen molar-refractivity contribution >= 4 is 17.1 Å². The molecule has 2 aromatic rings.